The van der Waals surface area contributed by atoms with Gasteiger partial charge in [-0.05, 0) is 31.1 Å². The molecule has 1 aromatic carbocycles. The topological polar surface area (TPSA) is 66.7 Å². The highest BCUT2D eigenvalue weighted by atomic mass is 35.5. The van der Waals surface area contributed by atoms with Gasteiger partial charge >= 0.3 is 0 Å². The predicted molar refractivity (Wildman–Crippen MR) is 111 cm³/mol. The first-order valence-corrected chi connectivity index (χ1v) is 10.3. The highest BCUT2D eigenvalue weighted by molar-refractivity contribution is 7.15. The molecule has 0 aliphatic carbocycles. The number of para-hydroxylation sites is 1. The number of aromatic nitrogens is 2. The third-order valence-electron chi connectivity index (χ3n) is 4.78. The van der Waals surface area contributed by atoms with Gasteiger partial charge in [0.2, 0.25) is 11.8 Å². The molecular formula is C20H19ClN4O2S. The summed E-state index contributed by atoms with van der Waals surface area (Å²) in [5.41, 5.74) is 1.45. The third-order valence-corrected chi connectivity index (χ3v) is 5.82. The number of imidazole rings is 1. The van der Waals surface area contributed by atoms with Gasteiger partial charge in [0.15, 0.2) is 10.1 Å². The maximum absolute atomic E-state index is 12.6. The van der Waals surface area contributed by atoms with Crippen LogP contribution < -0.4 is 5.32 Å². The third kappa shape index (κ3) is 3.95. The van der Waals surface area contributed by atoms with E-state index in [1.54, 1.807) is 11.0 Å². The fraction of sp³-hybridized carbons (Fsp3) is 0.250. The predicted octanol–water partition coefficient (Wildman–Crippen LogP) is 3.94. The Morgan fingerprint density at radius 3 is 2.93 bits per heavy atom. The number of carbonyl (C=O) groups is 2. The van der Waals surface area contributed by atoms with Crippen molar-refractivity contribution in [2.75, 3.05) is 18.4 Å². The van der Waals surface area contributed by atoms with Gasteiger partial charge in [0.25, 0.3) is 0 Å². The largest absolute Gasteiger partial charge is 0.338 e. The van der Waals surface area contributed by atoms with Crippen molar-refractivity contribution < 1.29 is 9.59 Å². The zero-order valence-corrected chi connectivity index (χ0v) is 16.6. The Hall–Kier alpha value is -2.64. The van der Waals surface area contributed by atoms with E-state index in [0.29, 0.717) is 23.9 Å². The van der Waals surface area contributed by atoms with Crippen molar-refractivity contribution in [1.82, 2.24) is 14.3 Å². The van der Waals surface area contributed by atoms with Crippen molar-refractivity contribution in [3.8, 4) is 0 Å². The molecule has 28 heavy (non-hydrogen) atoms. The lowest BCUT2D eigenvalue weighted by Gasteiger charge is -2.31. The second-order valence-corrected chi connectivity index (χ2v) is 7.89. The van der Waals surface area contributed by atoms with E-state index in [2.05, 4.69) is 10.3 Å². The number of nitrogens with one attached hydrogen (secondary N) is 1. The van der Waals surface area contributed by atoms with Crippen LogP contribution in [-0.4, -0.2) is 39.2 Å². The number of rotatable bonds is 4. The molecule has 0 spiro atoms. The van der Waals surface area contributed by atoms with E-state index in [0.717, 1.165) is 23.5 Å². The summed E-state index contributed by atoms with van der Waals surface area (Å²) in [4.78, 5) is 31.9. The van der Waals surface area contributed by atoms with Gasteiger partial charge in [-0.1, -0.05) is 29.8 Å². The van der Waals surface area contributed by atoms with Crippen LogP contribution in [0, 0.1) is 5.92 Å². The van der Waals surface area contributed by atoms with Crippen molar-refractivity contribution in [2.24, 2.45) is 5.92 Å². The van der Waals surface area contributed by atoms with E-state index < -0.39 is 0 Å². The molecule has 0 saturated carbocycles. The summed E-state index contributed by atoms with van der Waals surface area (Å²) in [6, 6.07) is 9.37. The molecule has 6 nitrogen and oxygen atoms in total. The van der Waals surface area contributed by atoms with Gasteiger partial charge < -0.3 is 10.2 Å². The number of likely N-dealkylation sites (tertiary alicyclic amines) is 1. The molecule has 2 amide bonds. The number of hydrogen-bond donors (Lipinski definition) is 1. The zero-order valence-electron chi connectivity index (χ0n) is 15.0. The lowest BCUT2D eigenvalue weighted by atomic mass is 9.97. The van der Waals surface area contributed by atoms with E-state index in [4.69, 9.17) is 11.6 Å². The smallest absolute Gasteiger partial charge is 0.246 e. The van der Waals surface area contributed by atoms with Gasteiger partial charge in [-0.3, -0.25) is 14.0 Å². The maximum Gasteiger partial charge on any atom is 0.246 e. The first-order valence-electron chi connectivity index (χ1n) is 9.06. The minimum Gasteiger partial charge on any atom is -0.338 e. The molecule has 1 atom stereocenters. The second kappa shape index (κ2) is 8.16. The van der Waals surface area contributed by atoms with Crippen LogP contribution in [0.4, 0.5) is 5.69 Å². The standard InChI is InChI=1S/C20H19ClN4O2S/c21-18-16(25-11-12-28-20(25)23-18)8-9-17(26)24-10-4-5-14(13-24)19(27)22-15-6-2-1-3-7-15/h1-3,6-9,11-12,14H,4-5,10,13H2,(H,22,27)/b9-8+. The number of piperidine rings is 1. The Morgan fingerprint density at radius 1 is 1.29 bits per heavy atom. The van der Waals surface area contributed by atoms with Crippen LogP contribution in [0.15, 0.2) is 48.0 Å². The first kappa shape index (κ1) is 18.7. The summed E-state index contributed by atoms with van der Waals surface area (Å²) in [5.74, 6) is -0.390. The van der Waals surface area contributed by atoms with Crippen molar-refractivity contribution in [3.05, 3.63) is 58.8 Å². The Morgan fingerprint density at radius 2 is 2.11 bits per heavy atom. The van der Waals surface area contributed by atoms with Crippen molar-refractivity contribution in [1.29, 1.82) is 0 Å². The summed E-state index contributed by atoms with van der Waals surface area (Å²) in [5, 5.41) is 5.21. The first-order chi connectivity index (χ1) is 13.6. The van der Waals surface area contributed by atoms with Gasteiger partial charge in [0, 0.05) is 36.4 Å². The van der Waals surface area contributed by atoms with Crippen molar-refractivity contribution >= 4 is 51.5 Å². The van der Waals surface area contributed by atoms with Crippen LogP contribution in [0.1, 0.15) is 18.5 Å². The highest BCUT2D eigenvalue weighted by Gasteiger charge is 2.27. The molecule has 1 N–H and O–H groups in total. The second-order valence-electron chi connectivity index (χ2n) is 6.66. The molecular weight excluding hydrogens is 396 g/mol. The molecule has 8 heteroatoms. The highest BCUT2D eigenvalue weighted by Crippen LogP contribution is 2.23. The van der Waals surface area contributed by atoms with E-state index in [1.165, 1.54) is 17.4 Å². The molecule has 3 heterocycles. The number of amides is 2. The number of nitrogens with zero attached hydrogens (tertiary/aromatic N) is 3. The molecule has 0 bridgehead atoms. The SMILES string of the molecule is O=C(Nc1ccccc1)C1CCCN(C(=O)/C=C/c2c(Cl)nc3sccn23)C1. The van der Waals surface area contributed by atoms with E-state index in [1.807, 2.05) is 46.3 Å². The lowest BCUT2D eigenvalue weighted by molar-refractivity contribution is -0.130. The molecule has 1 fully saturated rings. The van der Waals surface area contributed by atoms with Gasteiger partial charge in [0.1, 0.15) is 0 Å². The number of carbonyl (C=O) groups excluding carboxylic acids is 2. The average Bonchev–Trinajstić information content (AvgIpc) is 3.27. The minimum absolute atomic E-state index is 0.0495. The Labute approximate surface area is 171 Å². The number of fused-ring (bicyclic) bond motifs is 1. The van der Waals surface area contributed by atoms with Crippen LogP contribution in [0.3, 0.4) is 0 Å². The quantitative estimate of drug-likeness (QED) is 0.657. The van der Waals surface area contributed by atoms with Crippen LogP contribution in [0.2, 0.25) is 5.15 Å². The van der Waals surface area contributed by atoms with Crippen LogP contribution in [0.5, 0.6) is 0 Å². The molecule has 1 aliphatic rings. The van der Waals surface area contributed by atoms with Gasteiger partial charge in [0.05, 0.1) is 11.6 Å². The molecule has 0 radical (unpaired) electrons. The number of benzene rings is 1. The molecule has 144 valence electrons. The van der Waals surface area contributed by atoms with Gasteiger partial charge in [-0.15, -0.1) is 11.3 Å². The van der Waals surface area contributed by atoms with Gasteiger partial charge in [-0.25, -0.2) is 4.98 Å². The van der Waals surface area contributed by atoms with Crippen LogP contribution >= 0.6 is 22.9 Å². The van der Waals surface area contributed by atoms with Crippen molar-refractivity contribution in [3.63, 3.8) is 0 Å². The fourth-order valence-electron chi connectivity index (χ4n) is 3.34. The maximum atomic E-state index is 12.6. The molecule has 1 unspecified atom stereocenters. The summed E-state index contributed by atoms with van der Waals surface area (Å²) >= 11 is 7.65. The van der Waals surface area contributed by atoms with Crippen LogP contribution in [0.25, 0.3) is 11.0 Å². The molecule has 2 aromatic heterocycles. The summed E-state index contributed by atoms with van der Waals surface area (Å²) in [7, 11) is 0. The molecule has 4 rings (SSSR count). The van der Waals surface area contributed by atoms with Crippen molar-refractivity contribution in [2.45, 2.75) is 12.8 Å². The van der Waals surface area contributed by atoms with Crippen LogP contribution in [-0.2, 0) is 9.59 Å². The average molecular weight is 415 g/mol. The molecule has 1 saturated heterocycles. The van der Waals surface area contributed by atoms with Gasteiger partial charge in [-0.2, -0.15) is 0 Å². The molecule has 3 aromatic rings. The lowest BCUT2D eigenvalue weighted by Crippen LogP contribution is -2.43. The number of anilines is 1. The Balaban J connectivity index is 1.41. The van der Waals surface area contributed by atoms with E-state index in [9.17, 15) is 9.59 Å². The Kier molecular flexibility index (Phi) is 5.45. The Bertz CT molecular complexity index is 1030. The summed E-state index contributed by atoms with van der Waals surface area (Å²) in [6.07, 6.45) is 6.63. The minimum atomic E-state index is -0.214. The monoisotopic (exact) mass is 414 g/mol. The zero-order chi connectivity index (χ0) is 19.5. The summed E-state index contributed by atoms with van der Waals surface area (Å²) < 4.78 is 1.85. The van der Waals surface area contributed by atoms with E-state index in [-0.39, 0.29) is 17.7 Å². The number of halogens is 1. The number of hydrogen-bond acceptors (Lipinski definition) is 4. The summed E-state index contributed by atoms with van der Waals surface area (Å²) in [6.45, 7) is 1.06. The van der Waals surface area contributed by atoms with E-state index >= 15 is 0 Å². The number of thiazole rings is 1. The molecule has 1 aliphatic heterocycles. The normalized spacial score (nSPS) is 17.3. The fourth-order valence-corrected chi connectivity index (χ4v) is 4.34.